The van der Waals surface area contributed by atoms with Crippen LogP contribution in [0, 0.1) is 0 Å². The topological polar surface area (TPSA) is 18.0 Å². The fraction of sp³-hybridized carbons (Fsp3) is 0.500. The van der Waals surface area contributed by atoms with Crippen LogP contribution in [0.4, 0.5) is 43.9 Å². The standard InChI is InChI=1S/C10H7F10N2O/c1-21-2-3-22(4-21)9(17,18)7(14)8(15,16)10(19,20)23-6(13)5(11)12/h2-4,7H,1H3/q+1. The van der Waals surface area contributed by atoms with Crippen molar-refractivity contribution < 1.29 is 53.2 Å². The second-order valence-corrected chi connectivity index (χ2v) is 4.21. The highest BCUT2D eigenvalue weighted by Crippen LogP contribution is 2.47. The maximum absolute atomic E-state index is 13.5. The van der Waals surface area contributed by atoms with E-state index in [-0.39, 0.29) is 0 Å². The van der Waals surface area contributed by atoms with Gasteiger partial charge in [-0.15, -0.1) is 0 Å². The first-order valence-corrected chi connectivity index (χ1v) is 5.44. The van der Waals surface area contributed by atoms with Crippen molar-refractivity contribution in [1.82, 2.24) is 4.57 Å². The maximum Gasteiger partial charge on any atom is 0.469 e. The summed E-state index contributed by atoms with van der Waals surface area (Å²) in [6, 6.07) is -8.66. The summed E-state index contributed by atoms with van der Waals surface area (Å²) in [7, 11) is 1.14. The summed E-state index contributed by atoms with van der Waals surface area (Å²) in [5.41, 5.74) is 0. The molecule has 1 unspecified atom stereocenters. The normalized spacial score (nSPS) is 14.6. The predicted molar refractivity (Wildman–Crippen MR) is 52.0 cm³/mol. The summed E-state index contributed by atoms with van der Waals surface area (Å²) >= 11 is 0. The molecule has 0 bridgehead atoms. The van der Waals surface area contributed by atoms with Crippen LogP contribution in [0.5, 0.6) is 0 Å². The molecule has 1 atom stereocenters. The van der Waals surface area contributed by atoms with E-state index in [9.17, 15) is 43.9 Å². The van der Waals surface area contributed by atoms with Crippen LogP contribution in [-0.4, -0.2) is 22.8 Å². The van der Waals surface area contributed by atoms with Crippen molar-refractivity contribution in [1.29, 1.82) is 0 Å². The smallest absolute Gasteiger partial charge is 0.398 e. The Morgan fingerprint density at radius 1 is 1.09 bits per heavy atom. The lowest BCUT2D eigenvalue weighted by atomic mass is 10.1. The molecular formula is C10H7F10N2O+. The summed E-state index contributed by atoms with van der Waals surface area (Å²) in [5, 5.41) is 0. The number of nitrogens with zero attached hydrogens (tertiary/aromatic N) is 2. The van der Waals surface area contributed by atoms with Crippen LogP contribution in [-0.2, 0) is 17.8 Å². The monoisotopic (exact) mass is 361 g/mol. The van der Waals surface area contributed by atoms with Crippen LogP contribution in [0.25, 0.3) is 0 Å². The number of rotatable bonds is 6. The van der Waals surface area contributed by atoms with Crippen molar-refractivity contribution in [3.63, 3.8) is 0 Å². The van der Waals surface area contributed by atoms with Crippen molar-refractivity contribution >= 4 is 0 Å². The maximum atomic E-state index is 13.5. The molecule has 0 aliphatic carbocycles. The Balaban J connectivity index is 3.17. The zero-order valence-corrected chi connectivity index (χ0v) is 10.9. The fourth-order valence-electron chi connectivity index (χ4n) is 1.34. The number of aromatic nitrogens is 2. The van der Waals surface area contributed by atoms with E-state index in [1.54, 1.807) is 0 Å². The Labute approximate surface area is 121 Å². The lowest BCUT2D eigenvalue weighted by Gasteiger charge is -2.29. The van der Waals surface area contributed by atoms with Gasteiger partial charge in [-0.25, -0.2) is 8.96 Å². The van der Waals surface area contributed by atoms with Gasteiger partial charge in [-0.2, -0.15) is 44.1 Å². The van der Waals surface area contributed by atoms with Crippen molar-refractivity contribution in [3.8, 4) is 0 Å². The fourth-order valence-corrected chi connectivity index (χ4v) is 1.34. The molecule has 0 amide bonds. The second-order valence-electron chi connectivity index (χ2n) is 4.21. The predicted octanol–water partition coefficient (Wildman–Crippen LogP) is 3.48. The summed E-state index contributed by atoms with van der Waals surface area (Å²) in [4.78, 5) is 0. The third kappa shape index (κ3) is 3.52. The van der Waals surface area contributed by atoms with Crippen LogP contribution >= 0.6 is 0 Å². The quantitative estimate of drug-likeness (QED) is 0.431. The number of hydrogen-bond acceptors (Lipinski definition) is 1. The van der Waals surface area contributed by atoms with Gasteiger partial charge in [-0.05, 0) is 0 Å². The molecule has 0 aliphatic rings. The first-order chi connectivity index (χ1) is 10.2. The van der Waals surface area contributed by atoms with Crippen LogP contribution in [0.1, 0.15) is 0 Å². The Hall–Kier alpha value is -1.95. The third-order valence-electron chi connectivity index (χ3n) is 2.49. The summed E-state index contributed by atoms with van der Waals surface area (Å²) in [5.74, 6) is -6.34. The van der Waals surface area contributed by atoms with Gasteiger partial charge in [0.2, 0.25) is 6.33 Å². The first kappa shape index (κ1) is 19.1. The Bertz CT molecular complexity index is 592. The molecule has 0 spiro atoms. The average molecular weight is 361 g/mol. The van der Waals surface area contributed by atoms with Crippen molar-refractivity contribution in [2.45, 2.75) is 24.2 Å². The molecule has 1 heterocycles. The largest absolute Gasteiger partial charge is 0.469 e. The van der Waals surface area contributed by atoms with Crippen LogP contribution < -0.4 is 4.57 Å². The molecule has 13 heteroatoms. The van der Waals surface area contributed by atoms with E-state index in [1.807, 2.05) is 0 Å². The molecule has 132 valence electrons. The van der Waals surface area contributed by atoms with E-state index in [4.69, 9.17) is 0 Å². The number of imidazole rings is 1. The number of hydrogen-bond donors (Lipinski definition) is 0. The van der Waals surface area contributed by atoms with E-state index < -0.39 is 40.9 Å². The number of halogens is 10. The molecule has 23 heavy (non-hydrogen) atoms. The molecule has 0 radical (unpaired) electrons. The van der Waals surface area contributed by atoms with Gasteiger partial charge < -0.3 is 4.74 Å². The minimum Gasteiger partial charge on any atom is -0.398 e. The molecule has 3 nitrogen and oxygen atoms in total. The van der Waals surface area contributed by atoms with E-state index in [2.05, 4.69) is 4.74 Å². The molecular weight excluding hydrogens is 354 g/mol. The molecule has 0 saturated carbocycles. The van der Waals surface area contributed by atoms with Gasteiger partial charge in [0.1, 0.15) is 12.4 Å². The van der Waals surface area contributed by atoms with E-state index in [0.717, 1.165) is 17.8 Å². The highest BCUT2D eigenvalue weighted by Gasteiger charge is 2.74. The molecule has 0 saturated heterocycles. The highest BCUT2D eigenvalue weighted by atomic mass is 19.3. The molecule has 0 fully saturated rings. The zero-order valence-electron chi connectivity index (χ0n) is 10.9. The van der Waals surface area contributed by atoms with Crippen LogP contribution in [0.15, 0.2) is 30.8 Å². The number of aryl methyl sites for hydroxylation is 1. The van der Waals surface area contributed by atoms with E-state index in [1.165, 1.54) is 0 Å². The van der Waals surface area contributed by atoms with Gasteiger partial charge in [0.15, 0.2) is 0 Å². The number of ether oxygens (including phenoxy) is 1. The lowest BCUT2D eigenvalue weighted by Crippen LogP contribution is -2.56. The van der Waals surface area contributed by atoms with Gasteiger partial charge in [0, 0.05) is 0 Å². The molecule has 0 aromatic carbocycles. The molecule has 0 aliphatic heterocycles. The minimum absolute atomic E-state index is 0.392. The Kier molecular flexibility index (Phi) is 4.92. The van der Waals surface area contributed by atoms with Gasteiger partial charge >= 0.3 is 30.2 Å². The molecule has 0 N–H and O–H groups in total. The summed E-state index contributed by atoms with van der Waals surface area (Å²) in [6.07, 6.45) is -13.1. The first-order valence-electron chi connectivity index (χ1n) is 5.44. The summed E-state index contributed by atoms with van der Waals surface area (Å²) < 4.78 is 131. The molecule has 1 aromatic rings. The lowest BCUT2D eigenvalue weighted by molar-refractivity contribution is -0.671. The van der Waals surface area contributed by atoms with Crippen LogP contribution in [0.2, 0.25) is 0 Å². The van der Waals surface area contributed by atoms with Gasteiger partial charge in [-0.3, -0.25) is 0 Å². The number of alkyl halides is 7. The van der Waals surface area contributed by atoms with Crippen molar-refractivity contribution in [2.24, 2.45) is 7.05 Å². The van der Waals surface area contributed by atoms with Gasteiger partial charge in [0.25, 0.3) is 6.17 Å². The summed E-state index contributed by atoms with van der Waals surface area (Å²) in [6.45, 7) is 0. The SMILES string of the molecule is C[n+]1ccn(C(F)(F)C(F)C(F)(F)C(F)(F)OC(F)=C(F)F)c1. The van der Waals surface area contributed by atoms with Gasteiger partial charge in [-0.1, -0.05) is 0 Å². The highest BCUT2D eigenvalue weighted by molar-refractivity contribution is 4.95. The van der Waals surface area contributed by atoms with E-state index >= 15 is 0 Å². The minimum atomic E-state index is -6.34. The van der Waals surface area contributed by atoms with Crippen LogP contribution in [0.3, 0.4) is 0 Å². The third-order valence-corrected chi connectivity index (χ3v) is 2.49. The zero-order chi connectivity index (χ0) is 18.2. The average Bonchev–Trinajstić information content (AvgIpc) is 2.84. The van der Waals surface area contributed by atoms with Crippen molar-refractivity contribution in [3.05, 3.63) is 30.8 Å². The second kappa shape index (κ2) is 5.92. The molecule has 1 aromatic heterocycles. The van der Waals surface area contributed by atoms with E-state index in [0.29, 0.717) is 12.5 Å². The van der Waals surface area contributed by atoms with Gasteiger partial charge in [0.05, 0.1) is 7.05 Å². The Morgan fingerprint density at radius 2 is 1.61 bits per heavy atom. The Morgan fingerprint density at radius 3 is 2.00 bits per heavy atom. The molecule has 1 rings (SSSR count). The van der Waals surface area contributed by atoms with Crippen molar-refractivity contribution in [2.75, 3.05) is 0 Å².